The summed E-state index contributed by atoms with van der Waals surface area (Å²) in [6.45, 7) is 1.51. The van der Waals surface area contributed by atoms with E-state index in [2.05, 4.69) is 5.32 Å². The Bertz CT molecular complexity index is 509. The minimum absolute atomic E-state index is 0.0531. The molecule has 18 heavy (non-hydrogen) atoms. The summed E-state index contributed by atoms with van der Waals surface area (Å²) in [7, 11) is 0. The second-order valence-electron chi connectivity index (χ2n) is 4.07. The Hall–Kier alpha value is -2.31. The van der Waals surface area contributed by atoms with Gasteiger partial charge in [0.2, 0.25) is 11.8 Å². The molecule has 1 rings (SSSR count). The van der Waals surface area contributed by atoms with Crippen LogP contribution < -0.4 is 22.3 Å². The predicted octanol–water partition coefficient (Wildman–Crippen LogP) is -1.19. The molecule has 0 aliphatic heterocycles. The number of rotatable bonds is 5. The van der Waals surface area contributed by atoms with E-state index >= 15 is 0 Å². The third-order valence-electron chi connectivity index (χ3n) is 2.24. The van der Waals surface area contributed by atoms with E-state index in [1.165, 1.54) is 22.9 Å². The van der Waals surface area contributed by atoms with Crippen molar-refractivity contribution in [3.8, 4) is 0 Å². The van der Waals surface area contributed by atoms with Crippen LogP contribution in [0.5, 0.6) is 0 Å². The smallest absolute Gasteiger partial charge is 0.251 e. The largest absolute Gasteiger partial charge is 0.398 e. The molecule has 0 spiro atoms. The number of nitrogen functional groups attached to an aromatic ring is 1. The highest BCUT2D eigenvalue weighted by molar-refractivity contribution is 5.78. The number of amides is 2. The van der Waals surface area contributed by atoms with E-state index in [-0.39, 0.29) is 30.5 Å². The summed E-state index contributed by atoms with van der Waals surface area (Å²) in [5, 5.41) is 2.57. The summed E-state index contributed by atoms with van der Waals surface area (Å²) in [5.74, 6) is -0.875. The van der Waals surface area contributed by atoms with E-state index in [9.17, 15) is 14.4 Å². The highest BCUT2D eigenvalue weighted by atomic mass is 16.2. The number of nitrogens with one attached hydrogen (secondary N) is 1. The molecule has 7 nitrogen and oxygen atoms in total. The maximum absolute atomic E-state index is 11.6. The molecule has 1 aromatic rings. The van der Waals surface area contributed by atoms with Gasteiger partial charge >= 0.3 is 0 Å². The van der Waals surface area contributed by atoms with E-state index in [4.69, 9.17) is 11.5 Å². The molecule has 0 radical (unpaired) electrons. The molecular weight excluding hydrogens is 236 g/mol. The zero-order valence-electron chi connectivity index (χ0n) is 10.1. The Kier molecular flexibility index (Phi) is 4.47. The Morgan fingerprint density at radius 3 is 2.72 bits per heavy atom. The molecule has 0 saturated heterocycles. The van der Waals surface area contributed by atoms with Crippen molar-refractivity contribution < 1.29 is 9.59 Å². The van der Waals surface area contributed by atoms with Crippen molar-refractivity contribution in [1.82, 2.24) is 9.88 Å². The number of pyridine rings is 1. The van der Waals surface area contributed by atoms with Crippen molar-refractivity contribution >= 4 is 17.5 Å². The van der Waals surface area contributed by atoms with Gasteiger partial charge < -0.3 is 21.4 Å². The lowest BCUT2D eigenvalue weighted by Crippen LogP contribution is -2.39. The minimum atomic E-state index is -0.496. The van der Waals surface area contributed by atoms with Crippen LogP contribution in [0, 0.1) is 0 Å². The standard InChI is InChI=1S/C11H16N4O3/c1-7(4-9(13)16)14-10(17)6-15-5-8(12)2-3-11(15)18/h2-3,5,7H,4,6,12H2,1H3,(H2,13,16)(H,14,17). The van der Waals surface area contributed by atoms with Crippen molar-refractivity contribution in [1.29, 1.82) is 0 Å². The number of primary amides is 1. The van der Waals surface area contributed by atoms with Gasteiger partial charge in [-0.1, -0.05) is 0 Å². The Morgan fingerprint density at radius 1 is 1.44 bits per heavy atom. The van der Waals surface area contributed by atoms with Gasteiger partial charge in [0.25, 0.3) is 5.56 Å². The van der Waals surface area contributed by atoms with Gasteiger partial charge in [-0.3, -0.25) is 14.4 Å². The average molecular weight is 252 g/mol. The Balaban J connectivity index is 2.62. The number of nitrogens with zero attached hydrogens (tertiary/aromatic N) is 1. The fraction of sp³-hybridized carbons (Fsp3) is 0.364. The lowest BCUT2D eigenvalue weighted by atomic mass is 10.2. The number of nitrogens with two attached hydrogens (primary N) is 2. The molecule has 2 amide bonds. The number of aromatic nitrogens is 1. The van der Waals surface area contributed by atoms with Gasteiger partial charge in [-0.15, -0.1) is 0 Å². The van der Waals surface area contributed by atoms with Gasteiger partial charge in [0.15, 0.2) is 0 Å². The molecule has 1 aromatic heterocycles. The maximum atomic E-state index is 11.6. The number of anilines is 1. The molecule has 1 unspecified atom stereocenters. The number of hydrogen-bond donors (Lipinski definition) is 3. The molecule has 0 aliphatic rings. The first-order valence-electron chi connectivity index (χ1n) is 5.42. The topological polar surface area (TPSA) is 120 Å². The van der Waals surface area contributed by atoms with Crippen molar-refractivity contribution in [2.24, 2.45) is 5.73 Å². The van der Waals surface area contributed by atoms with Gasteiger partial charge in [-0.25, -0.2) is 0 Å². The summed E-state index contributed by atoms with van der Waals surface area (Å²) in [4.78, 5) is 33.7. The van der Waals surface area contributed by atoms with Crippen LogP contribution in [0.25, 0.3) is 0 Å². The average Bonchev–Trinajstić information content (AvgIpc) is 2.21. The SMILES string of the molecule is CC(CC(N)=O)NC(=O)Cn1cc(N)ccc1=O. The lowest BCUT2D eigenvalue weighted by molar-refractivity contribution is -0.123. The van der Waals surface area contributed by atoms with Gasteiger partial charge in [0.1, 0.15) is 6.54 Å². The molecule has 1 atom stereocenters. The molecular formula is C11H16N4O3. The molecule has 0 bridgehead atoms. The normalized spacial score (nSPS) is 11.8. The van der Waals surface area contributed by atoms with Crippen LogP contribution in [0.15, 0.2) is 23.1 Å². The Morgan fingerprint density at radius 2 is 2.11 bits per heavy atom. The quantitative estimate of drug-likeness (QED) is 0.610. The van der Waals surface area contributed by atoms with Crippen molar-refractivity contribution in [3.05, 3.63) is 28.7 Å². The first-order valence-corrected chi connectivity index (χ1v) is 5.42. The lowest BCUT2D eigenvalue weighted by Gasteiger charge is -2.12. The van der Waals surface area contributed by atoms with Crippen LogP contribution in [-0.2, 0) is 16.1 Å². The van der Waals surface area contributed by atoms with Gasteiger partial charge in [0, 0.05) is 30.4 Å². The first kappa shape index (κ1) is 13.8. The van der Waals surface area contributed by atoms with E-state index in [1.807, 2.05) is 0 Å². The predicted molar refractivity (Wildman–Crippen MR) is 66.5 cm³/mol. The monoisotopic (exact) mass is 252 g/mol. The zero-order chi connectivity index (χ0) is 13.7. The van der Waals surface area contributed by atoms with Gasteiger partial charge in [-0.05, 0) is 13.0 Å². The first-order chi connectivity index (χ1) is 8.38. The summed E-state index contributed by atoms with van der Waals surface area (Å²) in [5.41, 5.74) is 10.6. The molecule has 98 valence electrons. The fourth-order valence-electron chi connectivity index (χ4n) is 1.50. The fourth-order valence-corrected chi connectivity index (χ4v) is 1.50. The highest BCUT2D eigenvalue weighted by Crippen LogP contribution is 1.96. The number of carbonyl (C=O) groups is 2. The molecule has 0 aliphatic carbocycles. The van der Waals surface area contributed by atoms with E-state index in [0.717, 1.165) is 0 Å². The Labute approximate surface area is 104 Å². The van der Waals surface area contributed by atoms with Crippen LogP contribution in [0.2, 0.25) is 0 Å². The summed E-state index contributed by atoms with van der Waals surface area (Å²) in [6, 6.07) is 2.38. The maximum Gasteiger partial charge on any atom is 0.251 e. The molecule has 7 heteroatoms. The van der Waals surface area contributed by atoms with Crippen molar-refractivity contribution in [3.63, 3.8) is 0 Å². The van der Waals surface area contributed by atoms with Gasteiger partial charge in [-0.2, -0.15) is 0 Å². The third kappa shape index (κ3) is 4.28. The van der Waals surface area contributed by atoms with E-state index in [1.54, 1.807) is 6.92 Å². The summed E-state index contributed by atoms with van der Waals surface area (Å²) < 4.78 is 1.20. The van der Waals surface area contributed by atoms with Crippen molar-refractivity contribution in [2.75, 3.05) is 5.73 Å². The number of carbonyl (C=O) groups excluding carboxylic acids is 2. The van der Waals surface area contributed by atoms with Crippen LogP contribution in [0.4, 0.5) is 5.69 Å². The minimum Gasteiger partial charge on any atom is -0.398 e. The van der Waals surface area contributed by atoms with Crippen LogP contribution in [-0.4, -0.2) is 22.4 Å². The van der Waals surface area contributed by atoms with E-state index in [0.29, 0.717) is 5.69 Å². The molecule has 1 heterocycles. The molecule has 0 saturated carbocycles. The highest BCUT2D eigenvalue weighted by Gasteiger charge is 2.10. The second-order valence-corrected chi connectivity index (χ2v) is 4.07. The summed E-state index contributed by atoms with van der Waals surface area (Å²) in [6.07, 6.45) is 1.44. The zero-order valence-corrected chi connectivity index (χ0v) is 10.1. The molecule has 0 aromatic carbocycles. The van der Waals surface area contributed by atoms with Crippen LogP contribution in [0.3, 0.4) is 0 Å². The molecule has 5 N–H and O–H groups in total. The number of hydrogen-bond acceptors (Lipinski definition) is 4. The van der Waals surface area contributed by atoms with Crippen LogP contribution in [0.1, 0.15) is 13.3 Å². The van der Waals surface area contributed by atoms with E-state index < -0.39 is 5.91 Å². The van der Waals surface area contributed by atoms with Crippen LogP contribution >= 0.6 is 0 Å². The molecule has 0 fully saturated rings. The summed E-state index contributed by atoms with van der Waals surface area (Å²) >= 11 is 0. The van der Waals surface area contributed by atoms with Crippen molar-refractivity contribution in [2.45, 2.75) is 25.9 Å². The van der Waals surface area contributed by atoms with Gasteiger partial charge in [0.05, 0.1) is 0 Å². The third-order valence-corrected chi connectivity index (χ3v) is 2.24. The second kappa shape index (κ2) is 5.85.